The molecule has 122 valence electrons. The van der Waals surface area contributed by atoms with Gasteiger partial charge in [-0.1, -0.05) is 18.0 Å². The molecular weight excluding hydrogens is 308 g/mol. The Bertz CT molecular complexity index is 657. The quantitative estimate of drug-likeness (QED) is 0.892. The van der Waals surface area contributed by atoms with E-state index in [0.29, 0.717) is 16.9 Å². The van der Waals surface area contributed by atoms with Crippen molar-refractivity contribution in [2.75, 3.05) is 11.9 Å². The molecule has 2 aromatic heterocycles. The van der Waals surface area contributed by atoms with Gasteiger partial charge < -0.3 is 5.32 Å². The third kappa shape index (κ3) is 4.21. The van der Waals surface area contributed by atoms with Gasteiger partial charge in [0.15, 0.2) is 0 Å². The molecule has 1 aliphatic rings. The number of hydrogen-bond donors (Lipinski definition) is 1. The van der Waals surface area contributed by atoms with Crippen molar-refractivity contribution in [3.05, 3.63) is 46.9 Å². The number of anilines is 2. The van der Waals surface area contributed by atoms with Crippen LogP contribution in [-0.2, 0) is 6.54 Å². The maximum atomic E-state index is 6.40. The maximum absolute atomic E-state index is 6.40. The molecule has 4 nitrogen and oxygen atoms in total. The number of nitrogens with zero attached hydrogens (tertiary/aromatic N) is 3. The molecule has 0 radical (unpaired) electrons. The first-order valence-corrected chi connectivity index (χ1v) is 8.58. The van der Waals surface area contributed by atoms with Crippen LogP contribution < -0.4 is 5.32 Å². The summed E-state index contributed by atoms with van der Waals surface area (Å²) in [5.41, 5.74) is 3.04. The highest BCUT2D eigenvalue weighted by Crippen LogP contribution is 2.25. The Labute approximate surface area is 142 Å². The van der Waals surface area contributed by atoms with E-state index in [9.17, 15) is 0 Å². The molecule has 3 heterocycles. The molecule has 0 amide bonds. The molecule has 0 bridgehead atoms. The Morgan fingerprint density at radius 2 is 2.13 bits per heavy atom. The van der Waals surface area contributed by atoms with Crippen LogP contribution in [0.1, 0.15) is 37.4 Å². The van der Waals surface area contributed by atoms with Crippen molar-refractivity contribution >= 4 is 23.1 Å². The second-order valence-corrected chi connectivity index (χ2v) is 6.71. The van der Waals surface area contributed by atoms with Crippen molar-refractivity contribution in [2.24, 2.45) is 0 Å². The zero-order valence-electron chi connectivity index (χ0n) is 13.7. The molecule has 1 aliphatic heterocycles. The van der Waals surface area contributed by atoms with E-state index in [-0.39, 0.29) is 0 Å². The molecule has 3 rings (SSSR count). The smallest absolute Gasteiger partial charge is 0.149 e. The zero-order chi connectivity index (χ0) is 16.2. The van der Waals surface area contributed by atoms with Gasteiger partial charge in [0.25, 0.3) is 0 Å². The molecule has 23 heavy (non-hydrogen) atoms. The van der Waals surface area contributed by atoms with Gasteiger partial charge in [0.05, 0.1) is 16.9 Å². The fourth-order valence-electron chi connectivity index (χ4n) is 2.96. The number of hydrogen-bond acceptors (Lipinski definition) is 4. The van der Waals surface area contributed by atoms with Gasteiger partial charge in [-0.05, 0) is 57.0 Å². The minimum atomic E-state index is 0.638. The molecule has 0 spiro atoms. The third-order valence-electron chi connectivity index (χ3n) is 4.40. The topological polar surface area (TPSA) is 41.1 Å². The van der Waals surface area contributed by atoms with Crippen LogP contribution in [0.4, 0.5) is 11.5 Å². The van der Waals surface area contributed by atoms with Crippen LogP contribution in [0, 0.1) is 6.92 Å². The summed E-state index contributed by atoms with van der Waals surface area (Å²) in [6.07, 6.45) is 7.60. The summed E-state index contributed by atoms with van der Waals surface area (Å²) >= 11 is 6.40. The van der Waals surface area contributed by atoms with Gasteiger partial charge in [-0.3, -0.25) is 9.88 Å². The van der Waals surface area contributed by atoms with E-state index < -0.39 is 0 Å². The highest BCUT2D eigenvalue weighted by atomic mass is 35.5. The number of pyridine rings is 2. The zero-order valence-corrected chi connectivity index (χ0v) is 14.5. The van der Waals surface area contributed by atoms with Crippen LogP contribution in [-0.4, -0.2) is 27.5 Å². The summed E-state index contributed by atoms with van der Waals surface area (Å²) in [5, 5.41) is 3.87. The Morgan fingerprint density at radius 1 is 1.26 bits per heavy atom. The average molecular weight is 331 g/mol. The second-order valence-electron chi connectivity index (χ2n) is 6.30. The summed E-state index contributed by atoms with van der Waals surface area (Å²) in [4.78, 5) is 11.3. The highest BCUT2D eigenvalue weighted by Gasteiger charge is 2.18. The van der Waals surface area contributed by atoms with Gasteiger partial charge in [-0.25, -0.2) is 4.98 Å². The van der Waals surface area contributed by atoms with Crippen LogP contribution in [0.2, 0.25) is 5.02 Å². The van der Waals surface area contributed by atoms with E-state index in [1.165, 1.54) is 19.3 Å². The van der Waals surface area contributed by atoms with Gasteiger partial charge in [0.1, 0.15) is 5.82 Å². The normalized spacial score (nSPS) is 18.8. The Kier molecular flexibility index (Phi) is 5.13. The summed E-state index contributed by atoms with van der Waals surface area (Å²) < 4.78 is 0. The predicted octanol–water partition coefficient (Wildman–Crippen LogP) is 4.56. The Morgan fingerprint density at radius 3 is 2.83 bits per heavy atom. The maximum Gasteiger partial charge on any atom is 0.149 e. The Hall–Kier alpha value is -1.65. The standard InChI is InChI=1S/C18H23ClN4/c1-13-6-7-16(11-20-13)22-18-17(19)9-15(10-21-18)12-23-8-4-3-5-14(23)2/h6-7,9-11,14H,3-5,8,12H2,1-2H3,(H,21,22)/t14-/m1/s1. The number of rotatable bonds is 4. The van der Waals surface area contributed by atoms with Gasteiger partial charge in [0, 0.05) is 24.5 Å². The monoisotopic (exact) mass is 330 g/mol. The SMILES string of the molecule is Cc1ccc(Nc2ncc(CN3CCCC[C@H]3C)cc2Cl)cn1. The summed E-state index contributed by atoms with van der Waals surface area (Å²) in [6.45, 7) is 6.34. The molecule has 0 aliphatic carbocycles. The molecule has 0 saturated carbocycles. The summed E-state index contributed by atoms with van der Waals surface area (Å²) in [7, 11) is 0. The fourth-order valence-corrected chi connectivity index (χ4v) is 3.20. The van der Waals surface area contributed by atoms with Crippen molar-refractivity contribution in [2.45, 2.75) is 45.7 Å². The number of piperidine rings is 1. The van der Waals surface area contributed by atoms with Crippen molar-refractivity contribution in [1.82, 2.24) is 14.9 Å². The van der Waals surface area contributed by atoms with Gasteiger partial charge in [-0.2, -0.15) is 0 Å². The molecule has 5 heteroatoms. The van der Waals surface area contributed by atoms with Crippen molar-refractivity contribution in [3.63, 3.8) is 0 Å². The van der Waals surface area contributed by atoms with Crippen LogP contribution in [0.5, 0.6) is 0 Å². The molecule has 1 fully saturated rings. The lowest BCUT2D eigenvalue weighted by Crippen LogP contribution is -2.36. The third-order valence-corrected chi connectivity index (χ3v) is 4.69. The largest absolute Gasteiger partial charge is 0.338 e. The van der Waals surface area contributed by atoms with E-state index in [1.807, 2.05) is 31.3 Å². The lowest BCUT2D eigenvalue weighted by atomic mass is 10.0. The van der Waals surface area contributed by atoms with E-state index in [0.717, 1.165) is 30.0 Å². The first-order chi connectivity index (χ1) is 11.1. The first-order valence-electron chi connectivity index (χ1n) is 8.20. The molecular formula is C18H23ClN4. The van der Waals surface area contributed by atoms with Gasteiger partial charge in [0.2, 0.25) is 0 Å². The minimum absolute atomic E-state index is 0.638. The van der Waals surface area contributed by atoms with E-state index in [4.69, 9.17) is 11.6 Å². The fraction of sp³-hybridized carbons (Fsp3) is 0.444. The summed E-state index contributed by atoms with van der Waals surface area (Å²) in [5.74, 6) is 0.674. The molecule has 1 N–H and O–H groups in total. The molecule has 1 atom stereocenters. The lowest BCUT2D eigenvalue weighted by molar-refractivity contribution is 0.152. The van der Waals surface area contributed by atoms with E-state index >= 15 is 0 Å². The van der Waals surface area contributed by atoms with Crippen LogP contribution >= 0.6 is 11.6 Å². The number of aryl methyl sites for hydroxylation is 1. The van der Waals surface area contributed by atoms with Crippen molar-refractivity contribution < 1.29 is 0 Å². The van der Waals surface area contributed by atoms with Gasteiger partial charge in [-0.15, -0.1) is 0 Å². The lowest BCUT2D eigenvalue weighted by Gasteiger charge is -2.33. The highest BCUT2D eigenvalue weighted by molar-refractivity contribution is 6.33. The molecule has 0 aromatic carbocycles. The van der Waals surface area contributed by atoms with E-state index in [2.05, 4.69) is 27.1 Å². The van der Waals surface area contributed by atoms with E-state index in [1.54, 1.807) is 6.20 Å². The number of nitrogens with one attached hydrogen (secondary N) is 1. The average Bonchev–Trinajstić information content (AvgIpc) is 2.54. The second kappa shape index (κ2) is 7.28. The first kappa shape index (κ1) is 16.2. The number of halogens is 1. The molecule has 0 unspecified atom stereocenters. The van der Waals surface area contributed by atoms with Crippen LogP contribution in [0.3, 0.4) is 0 Å². The van der Waals surface area contributed by atoms with Crippen molar-refractivity contribution in [3.8, 4) is 0 Å². The molecule has 1 saturated heterocycles. The minimum Gasteiger partial charge on any atom is -0.338 e. The van der Waals surface area contributed by atoms with Gasteiger partial charge >= 0.3 is 0 Å². The Balaban J connectivity index is 1.69. The van der Waals surface area contributed by atoms with Crippen LogP contribution in [0.15, 0.2) is 30.6 Å². The molecule has 2 aromatic rings. The summed E-state index contributed by atoms with van der Waals surface area (Å²) in [6, 6.07) is 6.59. The number of aromatic nitrogens is 2. The predicted molar refractivity (Wildman–Crippen MR) is 95.2 cm³/mol. The van der Waals surface area contributed by atoms with Crippen molar-refractivity contribution in [1.29, 1.82) is 0 Å². The van der Waals surface area contributed by atoms with Crippen LogP contribution in [0.25, 0.3) is 0 Å². The number of likely N-dealkylation sites (tertiary alicyclic amines) is 1.